The molecule has 0 spiro atoms. The SMILES string of the molecule is O=C1CC(c2cccc(Br)c2)=Nc2ccc(CC(=O)OCc3ccccc3)cc2C1. The summed E-state index contributed by atoms with van der Waals surface area (Å²) in [4.78, 5) is 29.5. The standard InChI is InChI=1S/C25H20BrNO3/c26-21-8-4-7-19(13-21)24-15-22(28)14-20-11-18(9-10-23(20)27-24)12-25(29)30-16-17-5-2-1-3-6-17/h1-11,13H,12,14-16H2. The van der Waals surface area contributed by atoms with Crippen molar-refractivity contribution in [2.75, 3.05) is 0 Å². The van der Waals surface area contributed by atoms with E-state index >= 15 is 0 Å². The molecular weight excluding hydrogens is 442 g/mol. The Morgan fingerprint density at radius 2 is 1.77 bits per heavy atom. The van der Waals surface area contributed by atoms with Crippen LogP contribution in [0.1, 0.15) is 28.7 Å². The Hall–Kier alpha value is -3.05. The van der Waals surface area contributed by atoms with Gasteiger partial charge in [0.1, 0.15) is 12.4 Å². The van der Waals surface area contributed by atoms with E-state index in [0.717, 1.165) is 38.1 Å². The van der Waals surface area contributed by atoms with Gasteiger partial charge in [0.15, 0.2) is 0 Å². The number of hydrogen-bond donors (Lipinski definition) is 0. The number of benzene rings is 3. The fourth-order valence-corrected chi connectivity index (χ4v) is 3.84. The summed E-state index contributed by atoms with van der Waals surface area (Å²) in [6.45, 7) is 0.253. The van der Waals surface area contributed by atoms with Crippen molar-refractivity contribution in [3.63, 3.8) is 0 Å². The van der Waals surface area contributed by atoms with Crippen molar-refractivity contribution in [3.8, 4) is 0 Å². The van der Waals surface area contributed by atoms with Gasteiger partial charge in [0.25, 0.3) is 0 Å². The van der Waals surface area contributed by atoms with Gasteiger partial charge in [-0.1, -0.05) is 70.5 Å². The van der Waals surface area contributed by atoms with E-state index in [1.54, 1.807) is 0 Å². The molecule has 1 aliphatic heterocycles. The summed E-state index contributed by atoms with van der Waals surface area (Å²) in [5.41, 5.74) is 5.08. The molecule has 0 aliphatic carbocycles. The molecule has 0 amide bonds. The number of aliphatic imine (C=N–C) groups is 1. The topological polar surface area (TPSA) is 55.7 Å². The zero-order chi connectivity index (χ0) is 20.9. The molecule has 0 fully saturated rings. The average Bonchev–Trinajstić information content (AvgIpc) is 2.91. The fourth-order valence-electron chi connectivity index (χ4n) is 3.44. The number of rotatable bonds is 5. The van der Waals surface area contributed by atoms with E-state index in [-0.39, 0.29) is 24.8 Å². The third-order valence-electron chi connectivity index (χ3n) is 4.90. The summed E-state index contributed by atoms with van der Waals surface area (Å²) < 4.78 is 6.32. The second kappa shape index (κ2) is 9.18. The highest BCUT2D eigenvalue weighted by molar-refractivity contribution is 9.10. The number of ether oxygens (including phenoxy) is 1. The van der Waals surface area contributed by atoms with Crippen molar-refractivity contribution in [3.05, 3.63) is 99.5 Å². The second-order valence-corrected chi connectivity index (χ2v) is 8.16. The Morgan fingerprint density at radius 3 is 2.57 bits per heavy atom. The van der Waals surface area contributed by atoms with E-state index in [0.29, 0.717) is 12.8 Å². The molecule has 30 heavy (non-hydrogen) atoms. The Balaban J connectivity index is 1.50. The maximum atomic E-state index is 12.5. The Morgan fingerprint density at radius 1 is 0.933 bits per heavy atom. The highest BCUT2D eigenvalue weighted by Gasteiger charge is 2.19. The number of halogens is 1. The summed E-state index contributed by atoms with van der Waals surface area (Å²) in [6, 6.07) is 23.0. The number of carbonyl (C=O) groups is 2. The van der Waals surface area contributed by atoms with Crippen LogP contribution in [0.25, 0.3) is 0 Å². The Bertz CT molecular complexity index is 1120. The maximum Gasteiger partial charge on any atom is 0.310 e. The second-order valence-electron chi connectivity index (χ2n) is 7.25. The molecule has 3 aromatic carbocycles. The van der Waals surface area contributed by atoms with Crippen LogP contribution in [-0.4, -0.2) is 17.5 Å². The van der Waals surface area contributed by atoms with Crippen LogP contribution in [-0.2, 0) is 33.8 Å². The molecule has 1 heterocycles. The minimum Gasteiger partial charge on any atom is -0.461 e. The molecule has 0 atom stereocenters. The van der Waals surface area contributed by atoms with E-state index < -0.39 is 0 Å². The van der Waals surface area contributed by atoms with Gasteiger partial charge in [-0.2, -0.15) is 0 Å². The molecule has 1 aliphatic rings. The lowest BCUT2D eigenvalue weighted by atomic mass is 10.0. The van der Waals surface area contributed by atoms with E-state index in [1.165, 1.54) is 0 Å². The highest BCUT2D eigenvalue weighted by Crippen LogP contribution is 2.28. The van der Waals surface area contributed by atoms with Gasteiger partial charge in [0, 0.05) is 17.3 Å². The average molecular weight is 462 g/mol. The van der Waals surface area contributed by atoms with E-state index in [2.05, 4.69) is 15.9 Å². The zero-order valence-corrected chi connectivity index (χ0v) is 17.9. The number of hydrogen-bond acceptors (Lipinski definition) is 4. The minimum atomic E-state index is -0.294. The number of carbonyl (C=O) groups excluding carboxylic acids is 2. The molecule has 5 heteroatoms. The summed E-state index contributed by atoms with van der Waals surface area (Å²) in [5, 5.41) is 0. The van der Waals surface area contributed by atoms with Gasteiger partial charge >= 0.3 is 5.97 Å². The van der Waals surface area contributed by atoms with Crippen molar-refractivity contribution < 1.29 is 14.3 Å². The van der Waals surface area contributed by atoms with Crippen LogP contribution < -0.4 is 0 Å². The first kappa shape index (κ1) is 20.2. The maximum absolute atomic E-state index is 12.5. The molecule has 0 saturated carbocycles. The smallest absolute Gasteiger partial charge is 0.310 e. The number of fused-ring (bicyclic) bond motifs is 1. The lowest BCUT2D eigenvalue weighted by molar-refractivity contribution is -0.144. The molecule has 0 saturated heterocycles. The molecule has 150 valence electrons. The largest absolute Gasteiger partial charge is 0.461 e. The van der Waals surface area contributed by atoms with Gasteiger partial charge in [-0.25, -0.2) is 0 Å². The van der Waals surface area contributed by atoms with Crippen LogP contribution in [0.4, 0.5) is 5.69 Å². The molecule has 0 bridgehead atoms. The molecule has 0 N–H and O–H groups in total. The van der Waals surface area contributed by atoms with Gasteiger partial charge in [0.05, 0.1) is 17.8 Å². The number of esters is 1. The monoisotopic (exact) mass is 461 g/mol. The molecule has 0 unspecified atom stereocenters. The Kier molecular flexibility index (Phi) is 6.19. The quantitative estimate of drug-likeness (QED) is 0.479. The third-order valence-corrected chi connectivity index (χ3v) is 5.39. The predicted octanol–water partition coefficient (Wildman–Crippen LogP) is 5.37. The van der Waals surface area contributed by atoms with Crippen molar-refractivity contribution in [1.29, 1.82) is 0 Å². The molecule has 4 nitrogen and oxygen atoms in total. The molecule has 0 radical (unpaired) electrons. The first-order valence-corrected chi connectivity index (χ1v) is 10.5. The minimum absolute atomic E-state index is 0.108. The number of Topliss-reactive ketones (excluding diaryl/α,β-unsaturated/α-hetero) is 1. The molecular formula is C25H20BrNO3. The summed E-state index contributed by atoms with van der Waals surface area (Å²) in [7, 11) is 0. The number of nitrogens with zero attached hydrogens (tertiary/aromatic N) is 1. The van der Waals surface area contributed by atoms with Gasteiger partial charge in [0.2, 0.25) is 0 Å². The van der Waals surface area contributed by atoms with E-state index in [1.807, 2.05) is 72.8 Å². The van der Waals surface area contributed by atoms with Crippen molar-refractivity contribution in [2.45, 2.75) is 25.9 Å². The number of ketones is 1. The third kappa shape index (κ3) is 5.10. The van der Waals surface area contributed by atoms with Crippen LogP contribution in [0.2, 0.25) is 0 Å². The van der Waals surface area contributed by atoms with Crippen LogP contribution in [0.3, 0.4) is 0 Å². The van der Waals surface area contributed by atoms with E-state index in [4.69, 9.17) is 9.73 Å². The van der Waals surface area contributed by atoms with Gasteiger partial charge < -0.3 is 4.74 Å². The predicted molar refractivity (Wildman–Crippen MR) is 120 cm³/mol. The van der Waals surface area contributed by atoms with Gasteiger partial charge in [-0.15, -0.1) is 0 Å². The Labute approximate surface area is 183 Å². The fraction of sp³-hybridized carbons (Fsp3) is 0.160. The summed E-state index contributed by atoms with van der Waals surface area (Å²) in [6.07, 6.45) is 0.763. The highest BCUT2D eigenvalue weighted by atomic mass is 79.9. The van der Waals surface area contributed by atoms with Gasteiger partial charge in [-0.3, -0.25) is 14.6 Å². The molecule has 3 aromatic rings. The normalized spacial score (nSPS) is 13.2. The van der Waals surface area contributed by atoms with Crippen molar-refractivity contribution >= 4 is 39.1 Å². The summed E-state index contributed by atoms with van der Waals surface area (Å²) >= 11 is 3.47. The lowest BCUT2D eigenvalue weighted by Gasteiger charge is -2.08. The van der Waals surface area contributed by atoms with Crippen molar-refractivity contribution in [2.24, 2.45) is 4.99 Å². The van der Waals surface area contributed by atoms with Gasteiger partial charge in [-0.05, 0) is 40.5 Å². The summed E-state index contributed by atoms with van der Waals surface area (Å²) in [5.74, 6) is -0.187. The zero-order valence-electron chi connectivity index (χ0n) is 16.3. The molecule has 0 aromatic heterocycles. The van der Waals surface area contributed by atoms with Crippen LogP contribution >= 0.6 is 15.9 Å². The lowest BCUT2D eigenvalue weighted by Crippen LogP contribution is -2.10. The van der Waals surface area contributed by atoms with E-state index in [9.17, 15) is 9.59 Å². The first-order valence-electron chi connectivity index (χ1n) is 9.73. The van der Waals surface area contributed by atoms with Crippen LogP contribution in [0.15, 0.2) is 82.3 Å². The molecule has 4 rings (SSSR count). The van der Waals surface area contributed by atoms with Crippen LogP contribution in [0, 0.1) is 0 Å². The van der Waals surface area contributed by atoms with Crippen molar-refractivity contribution in [1.82, 2.24) is 0 Å². The van der Waals surface area contributed by atoms with Crippen LogP contribution in [0.5, 0.6) is 0 Å². The first-order chi connectivity index (χ1) is 14.6.